The van der Waals surface area contributed by atoms with E-state index in [1.807, 2.05) is 4.98 Å². The molecule has 0 fully saturated rings. The Balaban J connectivity index is 1.76. The molecule has 30 heavy (non-hydrogen) atoms. The van der Waals surface area contributed by atoms with Crippen molar-refractivity contribution in [3.63, 3.8) is 0 Å². The summed E-state index contributed by atoms with van der Waals surface area (Å²) in [5.74, 6) is -0.0105. The average molecular weight is 404 g/mol. The van der Waals surface area contributed by atoms with E-state index in [2.05, 4.69) is 9.98 Å². The van der Waals surface area contributed by atoms with Gasteiger partial charge in [-0.2, -0.15) is 0 Å². The number of aromatic amines is 2. The maximum atomic E-state index is 11.6. The Kier molecular flexibility index (Phi) is 5.92. The van der Waals surface area contributed by atoms with Gasteiger partial charge < -0.3 is 4.98 Å². The number of rotatable bonds is 6. The number of hydrogen-bond donors (Lipinski definition) is 2. The molecular formula is C21H16N4O5. The van der Waals surface area contributed by atoms with Gasteiger partial charge in [-0.25, -0.2) is 4.79 Å². The van der Waals surface area contributed by atoms with Gasteiger partial charge in [-0.1, -0.05) is 30.3 Å². The molecule has 0 radical (unpaired) electrons. The number of carbonyl (C=O) groups excluding carboxylic acids is 1. The van der Waals surface area contributed by atoms with Gasteiger partial charge in [-0.05, 0) is 48.4 Å². The first kappa shape index (κ1) is 20.3. The Morgan fingerprint density at radius 2 is 1.60 bits per heavy atom. The molecule has 0 atom stereocenters. The number of Topliss-reactive ketones (excluding diaryl/α,β-unsaturated/α-hetero) is 1. The molecule has 0 unspecified atom stereocenters. The zero-order valence-corrected chi connectivity index (χ0v) is 15.8. The number of nitrogens with one attached hydrogen (secondary N) is 2. The molecule has 0 spiro atoms. The molecule has 150 valence electrons. The summed E-state index contributed by atoms with van der Waals surface area (Å²) in [6.07, 6.45) is 4.50. The van der Waals surface area contributed by atoms with E-state index in [0.717, 1.165) is 5.56 Å². The Hall–Kier alpha value is -4.40. The monoisotopic (exact) mass is 404 g/mol. The highest BCUT2D eigenvalue weighted by molar-refractivity contribution is 5.94. The zero-order valence-electron chi connectivity index (χ0n) is 15.8. The van der Waals surface area contributed by atoms with E-state index in [0.29, 0.717) is 16.8 Å². The highest BCUT2D eigenvalue weighted by Gasteiger charge is 2.18. The quantitative estimate of drug-likeness (QED) is 0.281. The fourth-order valence-electron chi connectivity index (χ4n) is 2.60. The first-order valence-electron chi connectivity index (χ1n) is 8.78. The van der Waals surface area contributed by atoms with Crippen molar-refractivity contribution in [2.75, 3.05) is 0 Å². The molecule has 0 aliphatic carbocycles. The number of hydrogen-bond acceptors (Lipinski definition) is 6. The molecule has 1 heterocycles. The van der Waals surface area contributed by atoms with Crippen molar-refractivity contribution in [1.82, 2.24) is 9.97 Å². The predicted octanol–water partition coefficient (Wildman–Crippen LogP) is 3.10. The third-order valence-electron chi connectivity index (χ3n) is 4.14. The Morgan fingerprint density at radius 3 is 2.20 bits per heavy atom. The smallest absolute Gasteiger partial charge is 0.301 e. The minimum atomic E-state index is -1.06. The predicted molar refractivity (Wildman–Crippen MR) is 113 cm³/mol. The highest BCUT2D eigenvalue weighted by atomic mass is 16.6. The second kappa shape index (κ2) is 8.74. The molecule has 0 bridgehead atoms. The van der Waals surface area contributed by atoms with Crippen molar-refractivity contribution in [3.8, 4) is 0 Å². The van der Waals surface area contributed by atoms with Crippen molar-refractivity contribution >= 4 is 35.5 Å². The molecule has 1 aromatic heterocycles. The van der Waals surface area contributed by atoms with Crippen molar-refractivity contribution in [2.45, 2.75) is 6.92 Å². The second-order valence-electron chi connectivity index (χ2n) is 6.29. The first-order valence-corrected chi connectivity index (χ1v) is 8.78. The fraction of sp³-hybridized carbons (Fsp3) is 0.0476. The number of aliphatic imine (C=N–C) groups is 1. The van der Waals surface area contributed by atoms with Gasteiger partial charge in [-0.3, -0.25) is 29.7 Å². The maximum Gasteiger partial charge on any atom is 0.357 e. The van der Waals surface area contributed by atoms with Gasteiger partial charge in [0, 0.05) is 11.8 Å². The third kappa shape index (κ3) is 4.90. The van der Waals surface area contributed by atoms with Crippen LogP contribution in [0, 0.1) is 10.1 Å². The molecule has 0 saturated heterocycles. The normalized spacial score (nSPS) is 11.2. The van der Waals surface area contributed by atoms with Crippen LogP contribution in [0.1, 0.15) is 34.1 Å². The van der Waals surface area contributed by atoms with E-state index in [1.54, 1.807) is 60.8 Å². The Bertz CT molecular complexity index is 1270. The zero-order chi connectivity index (χ0) is 21.7. The summed E-state index contributed by atoms with van der Waals surface area (Å²) in [5, 5.41) is 11.0. The van der Waals surface area contributed by atoms with Gasteiger partial charge in [0.1, 0.15) is 5.69 Å². The molecule has 9 nitrogen and oxygen atoms in total. The lowest BCUT2D eigenvalue weighted by atomic mass is 10.1. The van der Waals surface area contributed by atoms with Crippen LogP contribution in [0.15, 0.2) is 63.1 Å². The number of aromatic nitrogens is 2. The molecule has 2 aromatic carbocycles. The molecule has 0 aliphatic heterocycles. The van der Waals surface area contributed by atoms with Crippen LogP contribution in [0.25, 0.3) is 12.2 Å². The molecule has 0 amide bonds. The number of H-pyrrole nitrogens is 2. The molecular weight excluding hydrogens is 388 g/mol. The van der Waals surface area contributed by atoms with Crippen LogP contribution < -0.4 is 11.2 Å². The minimum Gasteiger partial charge on any atom is -0.301 e. The number of carbonyl (C=O) groups is 1. The molecule has 9 heteroatoms. The third-order valence-corrected chi connectivity index (χ3v) is 4.14. The minimum absolute atomic E-state index is 0.0105. The number of nitrogens with zero attached hydrogens (tertiary/aromatic N) is 2. The molecule has 0 saturated carbocycles. The topological polar surface area (TPSA) is 138 Å². The van der Waals surface area contributed by atoms with E-state index in [-0.39, 0.29) is 11.5 Å². The first-order chi connectivity index (χ1) is 14.3. The standard InChI is InChI=1S/C21H16N4O5/c1-13(26)16-7-9-17(10-8-16)22-12-15-4-2-14(3-5-15)6-11-18-19(25(29)30)20(27)24-21(28)23-18/h2-12H,1H3,(H2,23,24,27,28)/b11-6+,22-12?. The van der Waals surface area contributed by atoms with Crippen LogP contribution in [0.2, 0.25) is 0 Å². The lowest BCUT2D eigenvalue weighted by Gasteiger charge is -1.99. The largest absolute Gasteiger partial charge is 0.357 e. The van der Waals surface area contributed by atoms with Crippen LogP contribution in [0.4, 0.5) is 11.4 Å². The van der Waals surface area contributed by atoms with Crippen LogP contribution in [-0.4, -0.2) is 26.9 Å². The van der Waals surface area contributed by atoms with Gasteiger partial charge in [0.05, 0.1) is 10.6 Å². The number of benzene rings is 2. The lowest BCUT2D eigenvalue weighted by Crippen LogP contribution is -2.25. The summed E-state index contributed by atoms with van der Waals surface area (Å²) >= 11 is 0. The van der Waals surface area contributed by atoms with Crippen LogP contribution >= 0.6 is 0 Å². The van der Waals surface area contributed by atoms with Gasteiger partial charge in [-0.15, -0.1) is 0 Å². The van der Waals surface area contributed by atoms with Gasteiger partial charge >= 0.3 is 16.9 Å². The fourth-order valence-corrected chi connectivity index (χ4v) is 2.60. The van der Waals surface area contributed by atoms with Crippen LogP contribution in [-0.2, 0) is 0 Å². The van der Waals surface area contributed by atoms with Gasteiger partial charge in [0.25, 0.3) is 0 Å². The van der Waals surface area contributed by atoms with Crippen molar-refractivity contribution in [3.05, 3.63) is 102 Å². The Labute approximate surface area is 169 Å². The van der Waals surface area contributed by atoms with Crippen LogP contribution in [0.3, 0.4) is 0 Å². The van der Waals surface area contributed by atoms with E-state index in [1.165, 1.54) is 13.0 Å². The molecule has 3 aromatic rings. The number of ketones is 1. The summed E-state index contributed by atoms with van der Waals surface area (Å²) in [5.41, 5.74) is 0.0339. The molecule has 2 N–H and O–H groups in total. The summed E-state index contributed by atoms with van der Waals surface area (Å²) < 4.78 is 0. The molecule has 3 rings (SSSR count). The van der Waals surface area contributed by atoms with E-state index in [9.17, 15) is 24.5 Å². The molecule has 0 aliphatic rings. The maximum absolute atomic E-state index is 11.6. The van der Waals surface area contributed by atoms with E-state index >= 15 is 0 Å². The second-order valence-corrected chi connectivity index (χ2v) is 6.29. The van der Waals surface area contributed by atoms with Crippen molar-refractivity contribution in [1.29, 1.82) is 0 Å². The van der Waals surface area contributed by atoms with E-state index < -0.39 is 21.9 Å². The summed E-state index contributed by atoms with van der Waals surface area (Å²) in [7, 11) is 0. The summed E-state index contributed by atoms with van der Waals surface area (Å²) in [6.45, 7) is 1.50. The van der Waals surface area contributed by atoms with Gasteiger partial charge in [0.2, 0.25) is 0 Å². The SMILES string of the molecule is CC(=O)c1ccc(N=Cc2ccc(/C=C/c3[nH]c(=O)[nH]c(=O)c3[N+](=O)[O-])cc2)cc1. The highest BCUT2D eigenvalue weighted by Crippen LogP contribution is 2.15. The summed E-state index contributed by atoms with van der Waals surface area (Å²) in [6, 6.07) is 14.0. The van der Waals surface area contributed by atoms with Crippen molar-refractivity contribution < 1.29 is 9.72 Å². The van der Waals surface area contributed by atoms with Crippen molar-refractivity contribution in [2.24, 2.45) is 4.99 Å². The van der Waals surface area contributed by atoms with Crippen LogP contribution in [0.5, 0.6) is 0 Å². The Morgan fingerprint density at radius 1 is 0.967 bits per heavy atom. The summed E-state index contributed by atoms with van der Waals surface area (Å²) in [4.78, 5) is 52.9. The lowest BCUT2D eigenvalue weighted by molar-refractivity contribution is -0.386. The van der Waals surface area contributed by atoms with E-state index in [4.69, 9.17) is 0 Å². The van der Waals surface area contributed by atoms with Gasteiger partial charge in [0.15, 0.2) is 5.78 Å². The average Bonchev–Trinajstić information content (AvgIpc) is 2.71. The number of nitro groups is 1.